The van der Waals surface area contributed by atoms with Crippen molar-refractivity contribution in [3.63, 3.8) is 0 Å². The van der Waals surface area contributed by atoms with Crippen molar-refractivity contribution in [3.8, 4) is 0 Å². The summed E-state index contributed by atoms with van der Waals surface area (Å²) < 4.78 is 1.85. The van der Waals surface area contributed by atoms with E-state index in [0.717, 1.165) is 87.2 Å². The van der Waals surface area contributed by atoms with Gasteiger partial charge in [0, 0.05) is 32.1 Å². The Morgan fingerprint density at radius 1 is 1.03 bits per heavy atom. The zero-order valence-electron chi connectivity index (χ0n) is 19.5. The number of unbranched alkanes of at least 4 members (excludes halogenated alkanes) is 1. The average molecular weight is 447 g/mol. The fraction of sp³-hybridized carbons (Fsp3) is 0.481. The highest BCUT2D eigenvalue weighted by Gasteiger charge is 2.36. The number of carbonyl (C=O) groups is 1. The molecule has 3 heterocycles. The summed E-state index contributed by atoms with van der Waals surface area (Å²) in [5.41, 5.74) is 2.11. The molecule has 1 N–H and O–H groups in total. The van der Waals surface area contributed by atoms with Crippen molar-refractivity contribution in [2.45, 2.75) is 50.5 Å². The van der Waals surface area contributed by atoms with Crippen LogP contribution in [-0.4, -0.2) is 63.2 Å². The minimum Gasteiger partial charge on any atom is -0.385 e. The van der Waals surface area contributed by atoms with Crippen molar-refractivity contribution in [3.05, 3.63) is 66.0 Å². The van der Waals surface area contributed by atoms with Gasteiger partial charge in [-0.3, -0.25) is 0 Å². The Bertz CT molecular complexity index is 1100. The highest BCUT2D eigenvalue weighted by atomic mass is 16.3. The summed E-state index contributed by atoms with van der Waals surface area (Å²) in [5, 5.41) is 11.2. The van der Waals surface area contributed by atoms with Crippen molar-refractivity contribution in [1.29, 1.82) is 0 Å². The number of benzene rings is 2. The second kappa shape index (κ2) is 9.27. The number of nitrogens with zero attached hydrogens (tertiary/aromatic N) is 4. The van der Waals surface area contributed by atoms with E-state index in [0.29, 0.717) is 0 Å². The van der Waals surface area contributed by atoms with Crippen LogP contribution in [0, 0.1) is 0 Å². The number of aliphatic hydroxyl groups is 1. The van der Waals surface area contributed by atoms with Gasteiger partial charge in [0.1, 0.15) is 5.82 Å². The first-order valence-electron chi connectivity index (χ1n) is 12.4. The number of aromatic nitrogens is 2. The number of imidazole rings is 1. The summed E-state index contributed by atoms with van der Waals surface area (Å²) in [7, 11) is 0. The Balaban J connectivity index is 1.29. The van der Waals surface area contributed by atoms with E-state index < -0.39 is 5.60 Å². The lowest BCUT2D eigenvalue weighted by molar-refractivity contribution is -0.0265. The van der Waals surface area contributed by atoms with Crippen LogP contribution in [0.2, 0.25) is 0 Å². The average Bonchev–Trinajstić information content (AvgIpc) is 3.25. The van der Waals surface area contributed by atoms with Gasteiger partial charge in [0.25, 0.3) is 0 Å². The van der Waals surface area contributed by atoms with Gasteiger partial charge in [0.05, 0.1) is 16.6 Å². The first-order valence-corrected chi connectivity index (χ1v) is 12.4. The first kappa shape index (κ1) is 22.1. The van der Waals surface area contributed by atoms with Crippen molar-refractivity contribution in [2.24, 2.45) is 0 Å². The Morgan fingerprint density at radius 2 is 1.76 bits per heavy atom. The molecule has 0 bridgehead atoms. The van der Waals surface area contributed by atoms with E-state index in [-0.39, 0.29) is 11.9 Å². The number of hydrogen-bond acceptors (Lipinski definition) is 4. The Labute approximate surface area is 195 Å². The van der Waals surface area contributed by atoms with Crippen molar-refractivity contribution >= 4 is 17.1 Å². The minimum atomic E-state index is -0.722. The molecule has 1 unspecified atom stereocenters. The molecular formula is C27H34N4O2. The summed E-state index contributed by atoms with van der Waals surface area (Å²) >= 11 is 0. The van der Waals surface area contributed by atoms with Gasteiger partial charge >= 0.3 is 6.03 Å². The van der Waals surface area contributed by atoms with Gasteiger partial charge in [0.15, 0.2) is 0 Å². The molecule has 6 heteroatoms. The van der Waals surface area contributed by atoms with Crippen LogP contribution in [0.4, 0.5) is 4.79 Å². The number of likely N-dealkylation sites (tertiary alicyclic amines) is 1. The van der Waals surface area contributed by atoms with Gasteiger partial charge in [-0.25, -0.2) is 14.3 Å². The predicted molar refractivity (Wildman–Crippen MR) is 130 cm³/mol. The highest BCUT2D eigenvalue weighted by molar-refractivity contribution is 5.91. The van der Waals surface area contributed by atoms with E-state index in [9.17, 15) is 9.90 Å². The van der Waals surface area contributed by atoms with Gasteiger partial charge < -0.3 is 14.9 Å². The van der Waals surface area contributed by atoms with Crippen LogP contribution in [0.3, 0.4) is 0 Å². The van der Waals surface area contributed by atoms with Crippen LogP contribution >= 0.6 is 0 Å². The first-order chi connectivity index (χ1) is 16.1. The highest BCUT2D eigenvalue weighted by Crippen LogP contribution is 2.34. The normalized spacial score (nSPS) is 20.8. The molecular weight excluding hydrogens is 412 g/mol. The molecule has 1 atom stereocenters. The summed E-state index contributed by atoms with van der Waals surface area (Å²) in [6.45, 7) is 6.42. The number of piperidine rings is 1. The molecule has 33 heavy (non-hydrogen) atoms. The van der Waals surface area contributed by atoms with Gasteiger partial charge in [-0.1, -0.05) is 55.8 Å². The zero-order chi connectivity index (χ0) is 22.8. The minimum absolute atomic E-state index is 0.0642. The van der Waals surface area contributed by atoms with E-state index in [1.807, 2.05) is 64.1 Å². The zero-order valence-corrected chi connectivity index (χ0v) is 19.5. The van der Waals surface area contributed by atoms with E-state index in [2.05, 4.69) is 11.8 Å². The molecule has 1 amide bonds. The number of para-hydroxylation sites is 2. The molecule has 2 aliphatic rings. The molecule has 3 aromatic rings. The molecule has 0 saturated carbocycles. The number of rotatable bonds is 7. The molecule has 2 aliphatic heterocycles. The molecule has 0 spiro atoms. The largest absolute Gasteiger partial charge is 0.385 e. The van der Waals surface area contributed by atoms with Gasteiger partial charge in [-0.05, 0) is 49.9 Å². The number of fused-ring (bicyclic) bond motifs is 3. The van der Waals surface area contributed by atoms with Crippen molar-refractivity contribution in [2.75, 3.05) is 32.7 Å². The van der Waals surface area contributed by atoms with E-state index in [1.54, 1.807) is 0 Å². The topological polar surface area (TPSA) is 61.6 Å². The smallest absolute Gasteiger partial charge is 0.330 e. The lowest BCUT2D eigenvalue weighted by atomic mass is 9.84. The lowest BCUT2D eigenvalue weighted by Crippen LogP contribution is -2.46. The Hall–Kier alpha value is -2.70. The van der Waals surface area contributed by atoms with Crippen LogP contribution in [0.5, 0.6) is 0 Å². The van der Waals surface area contributed by atoms with Gasteiger partial charge in [-0.2, -0.15) is 0 Å². The summed E-state index contributed by atoms with van der Waals surface area (Å²) in [6.07, 6.45) is 4.56. The number of amides is 1. The third-order valence-electron chi connectivity index (χ3n) is 7.42. The molecule has 174 valence electrons. The second-order valence-electron chi connectivity index (χ2n) is 9.60. The summed E-state index contributed by atoms with van der Waals surface area (Å²) in [5.74, 6) is 1.13. The lowest BCUT2D eigenvalue weighted by Gasteiger charge is -2.39. The van der Waals surface area contributed by atoms with Crippen LogP contribution < -0.4 is 0 Å². The maximum Gasteiger partial charge on any atom is 0.330 e. The quantitative estimate of drug-likeness (QED) is 0.577. The van der Waals surface area contributed by atoms with Gasteiger partial charge in [-0.15, -0.1) is 0 Å². The van der Waals surface area contributed by atoms with Crippen LogP contribution in [-0.2, 0) is 5.60 Å². The monoisotopic (exact) mass is 446 g/mol. The molecule has 0 radical (unpaired) electrons. The maximum absolute atomic E-state index is 13.3. The maximum atomic E-state index is 13.3. The van der Waals surface area contributed by atoms with Gasteiger partial charge in [0.2, 0.25) is 0 Å². The van der Waals surface area contributed by atoms with E-state index in [4.69, 9.17) is 4.98 Å². The summed E-state index contributed by atoms with van der Waals surface area (Å²) in [6, 6.07) is 18.1. The van der Waals surface area contributed by atoms with Crippen LogP contribution in [0.25, 0.3) is 11.0 Å². The molecule has 6 nitrogen and oxygen atoms in total. The molecule has 5 rings (SSSR count). The summed E-state index contributed by atoms with van der Waals surface area (Å²) in [4.78, 5) is 22.6. The van der Waals surface area contributed by atoms with E-state index >= 15 is 0 Å². The molecule has 1 saturated heterocycles. The Kier molecular flexibility index (Phi) is 6.21. The molecule has 2 aromatic carbocycles. The molecule has 1 aromatic heterocycles. The fourth-order valence-corrected chi connectivity index (χ4v) is 5.37. The number of carbonyl (C=O) groups excluding carboxylic acids is 1. The predicted octanol–water partition coefficient (Wildman–Crippen LogP) is 4.58. The third-order valence-corrected chi connectivity index (χ3v) is 7.42. The van der Waals surface area contributed by atoms with Crippen molar-refractivity contribution < 1.29 is 9.90 Å². The Morgan fingerprint density at radius 3 is 2.52 bits per heavy atom. The van der Waals surface area contributed by atoms with E-state index in [1.165, 1.54) is 0 Å². The third kappa shape index (κ3) is 4.30. The molecule has 0 aliphatic carbocycles. The van der Waals surface area contributed by atoms with Crippen LogP contribution in [0.1, 0.15) is 56.3 Å². The standard InChI is InChI=1S/C27H34N4O2/c1-2-3-16-30-20-21(25-28-23-11-7-8-12-24(23)31(25)26(30)32)13-17-29-18-14-27(33,15-19-29)22-9-5-4-6-10-22/h4-12,21,33H,2-3,13-20H2,1H3. The molecule has 1 fully saturated rings. The van der Waals surface area contributed by atoms with Crippen molar-refractivity contribution in [1.82, 2.24) is 19.4 Å². The number of hydrogen-bond donors (Lipinski definition) is 1. The van der Waals surface area contributed by atoms with Crippen LogP contribution in [0.15, 0.2) is 54.6 Å². The SMILES string of the molecule is CCCCN1CC(CCN2CCC(O)(c3ccccc3)CC2)c2nc3ccccc3n2C1=O. The second-order valence-corrected chi connectivity index (χ2v) is 9.60. The fourth-order valence-electron chi connectivity index (χ4n) is 5.37.